The van der Waals surface area contributed by atoms with Crippen molar-refractivity contribution in [2.24, 2.45) is 0 Å². The van der Waals surface area contributed by atoms with Crippen LogP contribution in [0.2, 0.25) is 0 Å². The molecule has 0 aliphatic rings. The summed E-state index contributed by atoms with van der Waals surface area (Å²) >= 11 is 0. The van der Waals surface area contributed by atoms with E-state index >= 15 is 0 Å². The predicted octanol–water partition coefficient (Wildman–Crippen LogP) is 6.45. The van der Waals surface area contributed by atoms with Gasteiger partial charge in [0.15, 0.2) is 0 Å². The third-order valence-corrected chi connectivity index (χ3v) is 2.05. The summed E-state index contributed by atoms with van der Waals surface area (Å²) in [6.07, 6.45) is 1.14. The Morgan fingerprint density at radius 3 is 1.35 bits per heavy atom. The van der Waals surface area contributed by atoms with Crippen molar-refractivity contribution in [2.45, 2.75) is 74.7 Å². The highest BCUT2D eigenvalue weighted by Gasteiger charge is 1.96. The minimum Gasteiger partial charge on any atom is -0.0683 e. The number of rotatable bonds is 2. The van der Waals surface area contributed by atoms with Crippen LogP contribution in [-0.2, 0) is 6.42 Å². The average molecular weight is 238 g/mol. The molecule has 0 saturated heterocycles. The van der Waals surface area contributed by atoms with E-state index in [1.54, 1.807) is 0 Å². The highest BCUT2D eigenvalue weighted by molar-refractivity contribution is 5.24. The predicted molar refractivity (Wildman–Crippen MR) is 84.0 cm³/mol. The maximum atomic E-state index is 2.23. The Bertz CT molecular complexity index is 206. The summed E-state index contributed by atoms with van der Waals surface area (Å²) in [7, 11) is 0. The van der Waals surface area contributed by atoms with Crippen LogP contribution in [0.3, 0.4) is 0 Å². The highest BCUT2D eigenvalue weighted by atomic mass is 14.0. The Balaban J connectivity index is -0.000000285. The van der Waals surface area contributed by atoms with Gasteiger partial charge in [-0.05, 0) is 23.5 Å². The molecule has 1 aromatic rings. The van der Waals surface area contributed by atoms with Crippen molar-refractivity contribution >= 4 is 0 Å². The lowest BCUT2D eigenvalue weighted by molar-refractivity contribution is 0.865. The molecular weight excluding hydrogens is 204 g/mol. The minimum atomic E-state index is 0.654. The van der Waals surface area contributed by atoms with Crippen molar-refractivity contribution < 1.29 is 0 Å². The Kier molecular flexibility index (Phi) is 22.3. The van der Waals surface area contributed by atoms with Gasteiger partial charge in [0.05, 0.1) is 0 Å². The van der Waals surface area contributed by atoms with E-state index < -0.39 is 0 Å². The van der Waals surface area contributed by atoms with Crippen LogP contribution in [-0.4, -0.2) is 0 Å². The monoisotopic (exact) mass is 238 g/mol. The van der Waals surface area contributed by atoms with E-state index in [1.165, 1.54) is 11.1 Å². The van der Waals surface area contributed by atoms with E-state index in [1.807, 2.05) is 41.5 Å². The lowest BCUT2D eigenvalue weighted by atomic mass is 10.0. The second-order valence-corrected chi connectivity index (χ2v) is 3.25. The van der Waals surface area contributed by atoms with Crippen LogP contribution in [0.25, 0.3) is 0 Å². The molecule has 102 valence electrons. The van der Waals surface area contributed by atoms with Gasteiger partial charge < -0.3 is 0 Å². The molecule has 0 amide bonds. The molecule has 0 spiro atoms. The third-order valence-electron chi connectivity index (χ3n) is 2.05. The molecular formula is C17H34. The SMILES string of the molecule is CC.CC.CC.CCc1ccc(C(C)C)cc1. The second kappa shape index (κ2) is 17.6. The zero-order valence-corrected chi connectivity index (χ0v) is 13.6. The van der Waals surface area contributed by atoms with Gasteiger partial charge in [0, 0.05) is 0 Å². The number of benzene rings is 1. The molecule has 0 aromatic heterocycles. The average Bonchev–Trinajstić information content (AvgIpc) is 2.45. The number of hydrogen-bond donors (Lipinski definition) is 0. The van der Waals surface area contributed by atoms with E-state index in [4.69, 9.17) is 0 Å². The highest BCUT2D eigenvalue weighted by Crippen LogP contribution is 2.14. The molecule has 0 nitrogen and oxygen atoms in total. The van der Waals surface area contributed by atoms with E-state index in [9.17, 15) is 0 Å². The second-order valence-electron chi connectivity index (χ2n) is 3.25. The van der Waals surface area contributed by atoms with Crippen LogP contribution in [0.1, 0.15) is 79.4 Å². The van der Waals surface area contributed by atoms with Crippen molar-refractivity contribution in [3.8, 4) is 0 Å². The van der Waals surface area contributed by atoms with Crippen LogP contribution in [0, 0.1) is 0 Å². The van der Waals surface area contributed by atoms with E-state index in [0.29, 0.717) is 5.92 Å². The lowest BCUT2D eigenvalue weighted by Crippen LogP contribution is -1.87. The summed E-state index contributed by atoms with van der Waals surface area (Å²) in [6, 6.07) is 8.89. The van der Waals surface area contributed by atoms with Gasteiger partial charge in [-0.1, -0.05) is 86.6 Å². The first-order chi connectivity index (χ1) is 8.24. The molecule has 1 rings (SSSR count). The third kappa shape index (κ3) is 11.5. The molecule has 1 aromatic carbocycles. The first-order valence-corrected chi connectivity index (χ1v) is 7.33. The fraction of sp³-hybridized carbons (Fsp3) is 0.647. The first-order valence-electron chi connectivity index (χ1n) is 7.33. The van der Waals surface area contributed by atoms with Gasteiger partial charge in [-0.3, -0.25) is 0 Å². The van der Waals surface area contributed by atoms with Crippen LogP contribution in [0.5, 0.6) is 0 Å². The minimum absolute atomic E-state index is 0.654. The molecule has 0 fully saturated rings. The molecule has 0 radical (unpaired) electrons. The molecule has 17 heavy (non-hydrogen) atoms. The van der Waals surface area contributed by atoms with E-state index in [0.717, 1.165) is 6.42 Å². The number of aryl methyl sites for hydroxylation is 1. The molecule has 0 bridgehead atoms. The van der Waals surface area contributed by atoms with Crippen LogP contribution in [0.4, 0.5) is 0 Å². The quantitative estimate of drug-likeness (QED) is 0.555. The van der Waals surface area contributed by atoms with Gasteiger partial charge in [0.25, 0.3) is 0 Å². The Labute approximate surface area is 110 Å². The zero-order chi connectivity index (χ0) is 14.3. The van der Waals surface area contributed by atoms with E-state index in [2.05, 4.69) is 45.0 Å². The summed E-state index contributed by atoms with van der Waals surface area (Å²) < 4.78 is 0. The van der Waals surface area contributed by atoms with Crippen LogP contribution in [0.15, 0.2) is 24.3 Å². The molecule has 0 heteroatoms. The molecule has 0 N–H and O–H groups in total. The fourth-order valence-corrected chi connectivity index (χ4v) is 1.14. The fourth-order valence-electron chi connectivity index (χ4n) is 1.14. The molecule has 0 atom stereocenters. The van der Waals surface area contributed by atoms with Crippen molar-refractivity contribution in [1.82, 2.24) is 0 Å². The van der Waals surface area contributed by atoms with E-state index in [-0.39, 0.29) is 0 Å². The standard InChI is InChI=1S/C11H16.3C2H6/c1-4-10-5-7-11(8-6-10)9(2)3;3*1-2/h5-9H,4H2,1-3H3;3*1-2H3. The van der Waals surface area contributed by atoms with Gasteiger partial charge in [0.2, 0.25) is 0 Å². The topological polar surface area (TPSA) is 0 Å². The summed E-state index contributed by atoms with van der Waals surface area (Å²) in [6.45, 7) is 18.6. The van der Waals surface area contributed by atoms with Crippen molar-refractivity contribution in [2.75, 3.05) is 0 Å². The van der Waals surface area contributed by atoms with Gasteiger partial charge in [-0.15, -0.1) is 0 Å². The molecule has 0 aliphatic carbocycles. The van der Waals surface area contributed by atoms with Gasteiger partial charge in [0.1, 0.15) is 0 Å². The van der Waals surface area contributed by atoms with Gasteiger partial charge in [-0.25, -0.2) is 0 Å². The summed E-state index contributed by atoms with van der Waals surface area (Å²) in [4.78, 5) is 0. The molecule has 0 aliphatic heterocycles. The molecule has 0 saturated carbocycles. The zero-order valence-electron chi connectivity index (χ0n) is 13.6. The normalized spacial score (nSPS) is 7.88. The summed E-state index contributed by atoms with van der Waals surface area (Å²) in [5.41, 5.74) is 2.86. The molecule has 0 heterocycles. The van der Waals surface area contributed by atoms with Crippen molar-refractivity contribution in [1.29, 1.82) is 0 Å². The van der Waals surface area contributed by atoms with Crippen LogP contribution >= 0.6 is 0 Å². The smallest absolute Gasteiger partial charge is 0.0219 e. The van der Waals surface area contributed by atoms with Crippen molar-refractivity contribution in [3.63, 3.8) is 0 Å². The summed E-state index contributed by atoms with van der Waals surface area (Å²) in [5, 5.41) is 0. The lowest BCUT2D eigenvalue weighted by Gasteiger charge is -2.04. The molecule has 0 unspecified atom stereocenters. The Hall–Kier alpha value is -0.780. The largest absolute Gasteiger partial charge is 0.0683 e. The Morgan fingerprint density at radius 1 is 0.765 bits per heavy atom. The Morgan fingerprint density at radius 2 is 1.12 bits per heavy atom. The maximum absolute atomic E-state index is 2.23. The van der Waals surface area contributed by atoms with Crippen LogP contribution < -0.4 is 0 Å². The maximum Gasteiger partial charge on any atom is -0.0219 e. The van der Waals surface area contributed by atoms with Gasteiger partial charge in [-0.2, -0.15) is 0 Å². The summed E-state index contributed by atoms with van der Waals surface area (Å²) in [5.74, 6) is 0.654. The first kappa shape index (κ1) is 21.5. The van der Waals surface area contributed by atoms with Gasteiger partial charge >= 0.3 is 0 Å². The number of hydrogen-bond acceptors (Lipinski definition) is 0. The van der Waals surface area contributed by atoms with Crippen molar-refractivity contribution in [3.05, 3.63) is 35.4 Å².